The summed E-state index contributed by atoms with van der Waals surface area (Å²) in [7, 11) is 1.33. The molecule has 0 heterocycles. The van der Waals surface area contributed by atoms with Crippen molar-refractivity contribution < 1.29 is 14.3 Å². The van der Waals surface area contributed by atoms with Crippen LogP contribution in [-0.2, 0) is 14.3 Å². The van der Waals surface area contributed by atoms with Crippen LogP contribution >= 0.6 is 0 Å². The summed E-state index contributed by atoms with van der Waals surface area (Å²) in [4.78, 5) is 23.2. The molecule has 0 saturated heterocycles. The van der Waals surface area contributed by atoms with E-state index in [-0.39, 0.29) is 5.91 Å². The molecule has 5 N–H and O–H groups in total. The molecule has 0 aliphatic rings. The number of carbonyl (C=O) groups excluding carboxylic acids is 2. The first kappa shape index (κ1) is 17.9. The Hall–Kier alpha value is -1.14. The minimum absolute atomic E-state index is 0.111. The maximum absolute atomic E-state index is 11.7. The van der Waals surface area contributed by atoms with Crippen molar-refractivity contribution in [2.45, 2.75) is 51.0 Å². The Morgan fingerprint density at radius 2 is 1.68 bits per heavy atom. The first-order valence-corrected chi connectivity index (χ1v) is 6.93. The van der Waals surface area contributed by atoms with E-state index in [4.69, 9.17) is 11.5 Å². The average Bonchev–Trinajstić information content (AvgIpc) is 2.42. The van der Waals surface area contributed by atoms with Crippen LogP contribution < -0.4 is 16.8 Å². The maximum Gasteiger partial charge on any atom is 0.328 e. The van der Waals surface area contributed by atoms with E-state index < -0.39 is 12.0 Å². The van der Waals surface area contributed by atoms with Crippen molar-refractivity contribution in [2.24, 2.45) is 11.5 Å². The fraction of sp³-hybridized carbons (Fsp3) is 0.846. The van der Waals surface area contributed by atoms with Crippen LogP contribution in [0.4, 0.5) is 0 Å². The van der Waals surface area contributed by atoms with Crippen LogP contribution in [0.15, 0.2) is 0 Å². The minimum Gasteiger partial charge on any atom is -0.467 e. The molecule has 0 bridgehead atoms. The van der Waals surface area contributed by atoms with E-state index >= 15 is 0 Å². The number of rotatable bonds is 11. The second-order valence-corrected chi connectivity index (χ2v) is 4.53. The van der Waals surface area contributed by atoms with Crippen LogP contribution in [0, 0.1) is 0 Å². The number of nitrogens with two attached hydrogens (primary N) is 2. The van der Waals surface area contributed by atoms with Gasteiger partial charge in [-0.3, -0.25) is 4.79 Å². The Bertz CT molecular complexity index is 260. The number of esters is 1. The Labute approximate surface area is 115 Å². The van der Waals surface area contributed by atoms with Crippen molar-refractivity contribution in [2.75, 3.05) is 20.2 Å². The molecule has 0 spiro atoms. The Morgan fingerprint density at radius 1 is 1.05 bits per heavy atom. The zero-order valence-corrected chi connectivity index (χ0v) is 11.8. The number of amides is 1. The number of methoxy groups -OCH3 is 1. The fourth-order valence-corrected chi connectivity index (χ4v) is 1.76. The molecule has 0 aliphatic carbocycles. The summed E-state index contributed by atoms with van der Waals surface area (Å²) < 4.78 is 4.69. The summed E-state index contributed by atoms with van der Waals surface area (Å²) >= 11 is 0. The maximum atomic E-state index is 11.7. The van der Waals surface area contributed by atoms with Gasteiger partial charge in [0.05, 0.1) is 7.11 Å². The largest absolute Gasteiger partial charge is 0.467 e. The SMILES string of the molecule is COC(=O)[C@H](CCCCN)NC(=O)CCCCCN. The van der Waals surface area contributed by atoms with E-state index in [1.807, 2.05) is 0 Å². The normalized spacial score (nSPS) is 11.9. The van der Waals surface area contributed by atoms with Gasteiger partial charge in [-0.05, 0) is 45.2 Å². The van der Waals surface area contributed by atoms with Crippen LogP contribution in [0.3, 0.4) is 0 Å². The lowest BCUT2D eigenvalue weighted by Gasteiger charge is -2.16. The molecule has 0 aromatic carbocycles. The highest BCUT2D eigenvalue weighted by Gasteiger charge is 2.20. The van der Waals surface area contributed by atoms with Crippen molar-refractivity contribution in [3.8, 4) is 0 Å². The van der Waals surface area contributed by atoms with Crippen molar-refractivity contribution in [1.82, 2.24) is 5.32 Å². The van der Waals surface area contributed by atoms with E-state index in [1.165, 1.54) is 7.11 Å². The highest BCUT2D eigenvalue weighted by molar-refractivity contribution is 5.84. The molecule has 0 fully saturated rings. The number of nitrogens with one attached hydrogen (secondary N) is 1. The monoisotopic (exact) mass is 273 g/mol. The molecule has 0 radical (unpaired) electrons. The Kier molecular flexibility index (Phi) is 11.2. The van der Waals surface area contributed by atoms with Gasteiger partial charge in [-0.1, -0.05) is 6.42 Å². The third-order valence-electron chi connectivity index (χ3n) is 2.88. The number of unbranched alkanes of at least 4 members (excludes halogenated alkanes) is 3. The van der Waals surface area contributed by atoms with Crippen molar-refractivity contribution in [3.63, 3.8) is 0 Å². The molecule has 1 amide bonds. The molecule has 0 saturated carbocycles. The molecule has 19 heavy (non-hydrogen) atoms. The molecule has 112 valence electrons. The van der Waals surface area contributed by atoms with Gasteiger partial charge in [-0.2, -0.15) is 0 Å². The third-order valence-corrected chi connectivity index (χ3v) is 2.88. The van der Waals surface area contributed by atoms with Gasteiger partial charge >= 0.3 is 5.97 Å². The Balaban J connectivity index is 4.00. The average molecular weight is 273 g/mol. The van der Waals surface area contributed by atoms with Crippen molar-refractivity contribution >= 4 is 11.9 Å². The molecule has 0 rings (SSSR count). The van der Waals surface area contributed by atoms with Crippen LogP contribution in [-0.4, -0.2) is 38.1 Å². The van der Waals surface area contributed by atoms with Gasteiger partial charge in [0.2, 0.25) is 5.91 Å². The van der Waals surface area contributed by atoms with Crippen LogP contribution in [0.1, 0.15) is 44.9 Å². The van der Waals surface area contributed by atoms with Crippen LogP contribution in [0.2, 0.25) is 0 Å². The third kappa shape index (κ3) is 9.44. The van der Waals surface area contributed by atoms with E-state index in [1.54, 1.807) is 0 Å². The summed E-state index contributed by atoms with van der Waals surface area (Å²) in [6.07, 6.45) is 5.26. The van der Waals surface area contributed by atoms with Crippen LogP contribution in [0.5, 0.6) is 0 Å². The van der Waals surface area contributed by atoms with Gasteiger partial charge in [0, 0.05) is 6.42 Å². The topological polar surface area (TPSA) is 107 Å². The molecule has 6 heteroatoms. The van der Waals surface area contributed by atoms with Gasteiger partial charge in [0.25, 0.3) is 0 Å². The summed E-state index contributed by atoms with van der Waals surface area (Å²) in [5, 5.41) is 2.72. The summed E-state index contributed by atoms with van der Waals surface area (Å²) in [6, 6.07) is -0.557. The van der Waals surface area contributed by atoms with Gasteiger partial charge < -0.3 is 21.5 Å². The minimum atomic E-state index is -0.557. The van der Waals surface area contributed by atoms with E-state index in [9.17, 15) is 9.59 Å². The molecule has 0 unspecified atom stereocenters. The number of hydrogen-bond donors (Lipinski definition) is 3. The number of hydrogen-bond acceptors (Lipinski definition) is 5. The van der Waals surface area contributed by atoms with Crippen LogP contribution in [0.25, 0.3) is 0 Å². The molecular formula is C13H27N3O3. The zero-order valence-electron chi connectivity index (χ0n) is 11.8. The molecule has 1 atom stereocenters. The Morgan fingerprint density at radius 3 is 2.26 bits per heavy atom. The first-order chi connectivity index (χ1) is 9.15. The van der Waals surface area contributed by atoms with Gasteiger partial charge in [-0.15, -0.1) is 0 Å². The smallest absolute Gasteiger partial charge is 0.328 e. The zero-order chi connectivity index (χ0) is 14.5. The number of ether oxygens (including phenoxy) is 1. The quantitative estimate of drug-likeness (QED) is 0.370. The lowest BCUT2D eigenvalue weighted by Crippen LogP contribution is -2.41. The van der Waals surface area contributed by atoms with E-state index in [0.29, 0.717) is 25.9 Å². The molecule has 0 aromatic heterocycles. The molecule has 0 aliphatic heterocycles. The highest BCUT2D eigenvalue weighted by atomic mass is 16.5. The highest BCUT2D eigenvalue weighted by Crippen LogP contribution is 2.04. The van der Waals surface area contributed by atoms with Crippen molar-refractivity contribution in [1.29, 1.82) is 0 Å². The molecule has 6 nitrogen and oxygen atoms in total. The van der Waals surface area contributed by atoms with Gasteiger partial charge in [0.15, 0.2) is 0 Å². The predicted octanol–water partition coefficient (Wildman–Crippen LogP) is 0.292. The van der Waals surface area contributed by atoms with E-state index in [0.717, 1.165) is 32.1 Å². The lowest BCUT2D eigenvalue weighted by atomic mass is 10.1. The summed E-state index contributed by atoms with van der Waals surface area (Å²) in [6.45, 7) is 1.23. The predicted molar refractivity (Wildman–Crippen MR) is 74.4 cm³/mol. The molecule has 0 aromatic rings. The fourth-order valence-electron chi connectivity index (χ4n) is 1.76. The lowest BCUT2D eigenvalue weighted by molar-refractivity contribution is -0.145. The summed E-state index contributed by atoms with van der Waals surface area (Å²) in [5.74, 6) is -0.507. The first-order valence-electron chi connectivity index (χ1n) is 6.93. The number of carbonyl (C=O) groups is 2. The van der Waals surface area contributed by atoms with Gasteiger partial charge in [-0.25, -0.2) is 4.79 Å². The summed E-state index contributed by atoms with van der Waals surface area (Å²) in [5.41, 5.74) is 10.8. The standard InChI is InChI=1S/C13H27N3O3/c1-19-13(18)11(7-4-6-10-15)16-12(17)8-3-2-5-9-14/h11H,2-10,14-15H2,1H3,(H,16,17)/t11-/m0/s1. The van der Waals surface area contributed by atoms with Crippen molar-refractivity contribution in [3.05, 3.63) is 0 Å². The molecular weight excluding hydrogens is 246 g/mol. The van der Waals surface area contributed by atoms with E-state index in [2.05, 4.69) is 10.1 Å². The second-order valence-electron chi connectivity index (χ2n) is 4.53. The van der Waals surface area contributed by atoms with Gasteiger partial charge in [0.1, 0.15) is 6.04 Å². The second kappa shape index (κ2) is 11.9.